The van der Waals surface area contributed by atoms with Crippen LogP contribution in [0.25, 0.3) is 0 Å². The zero-order valence-electron chi connectivity index (χ0n) is 18.1. The van der Waals surface area contributed by atoms with Gasteiger partial charge in [0, 0.05) is 28.2 Å². The first-order valence-electron chi connectivity index (χ1n) is 10.3. The number of carbonyl (C=O) groups is 1. The highest BCUT2D eigenvalue weighted by molar-refractivity contribution is 7.91. The Kier molecular flexibility index (Phi) is 6.26. The van der Waals surface area contributed by atoms with Crippen LogP contribution in [0, 0.1) is 5.92 Å². The van der Waals surface area contributed by atoms with Gasteiger partial charge in [-0.15, -0.1) is 11.3 Å². The van der Waals surface area contributed by atoms with Gasteiger partial charge in [0.1, 0.15) is 16.4 Å². The van der Waals surface area contributed by atoms with Crippen molar-refractivity contribution in [3.05, 3.63) is 64.4 Å². The minimum atomic E-state index is -3.81. The van der Waals surface area contributed by atoms with E-state index in [1.165, 1.54) is 30.6 Å². The molecule has 1 atom stereocenters. The molecule has 0 aliphatic carbocycles. The number of sulfone groups is 1. The van der Waals surface area contributed by atoms with Gasteiger partial charge in [-0.2, -0.15) is 0 Å². The largest absolute Gasteiger partial charge is 0.497 e. The molecule has 8 heteroatoms. The first kappa shape index (κ1) is 22.4. The molecule has 1 aliphatic rings. The normalized spacial score (nSPS) is 15.9. The van der Waals surface area contributed by atoms with E-state index in [9.17, 15) is 13.2 Å². The summed E-state index contributed by atoms with van der Waals surface area (Å²) in [7, 11) is -2.29. The number of methoxy groups -OCH3 is 1. The number of carbonyl (C=O) groups excluding carboxylic acids is 1. The van der Waals surface area contributed by atoms with Crippen LogP contribution in [0.15, 0.2) is 63.7 Å². The summed E-state index contributed by atoms with van der Waals surface area (Å²) < 4.78 is 37.8. The molecule has 1 N–H and O–H groups in total. The molecule has 0 spiro atoms. The summed E-state index contributed by atoms with van der Waals surface area (Å²) in [4.78, 5) is 13.7. The van der Waals surface area contributed by atoms with Crippen LogP contribution in [0.4, 0.5) is 5.69 Å². The molecule has 3 aromatic rings. The molecule has 0 saturated carbocycles. The number of rotatable bonds is 7. The molecule has 32 heavy (non-hydrogen) atoms. The van der Waals surface area contributed by atoms with Crippen molar-refractivity contribution in [3.8, 4) is 11.5 Å². The Bertz CT molecular complexity index is 1230. The van der Waals surface area contributed by atoms with Crippen LogP contribution in [0.5, 0.6) is 11.5 Å². The number of hydrogen-bond donors (Lipinski definition) is 1. The van der Waals surface area contributed by atoms with Crippen LogP contribution in [0.3, 0.4) is 0 Å². The number of nitrogens with one attached hydrogen (secondary N) is 1. The second-order valence-corrected chi connectivity index (χ2v) is 10.9. The summed E-state index contributed by atoms with van der Waals surface area (Å²) in [6, 6.07) is 13.9. The maximum atomic E-state index is 13.4. The van der Waals surface area contributed by atoms with Gasteiger partial charge in [0.2, 0.25) is 15.7 Å². The predicted molar refractivity (Wildman–Crippen MR) is 125 cm³/mol. The van der Waals surface area contributed by atoms with Crippen molar-refractivity contribution >= 4 is 32.8 Å². The lowest BCUT2D eigenvalue weighted by Crippen LogP contribution is -2.24. The second-order valence-electron chi connectivity index (χ2n) is 8.07. The summed E-state index contributed by atoms with van der Waals surface area (Å²) >= 11 is 1.35. The van der Waals surface area contributed by atoms with Crippen LogP contribution < -0.4 is 14.8 Å². The highest BCUT2D eigenvalue weighted by atomic mass is 32.2. The van der Waals surface area contributed by atoms with Crippen LogP contribution in [0.1, 0.15) is 36.6 Å². The van der Waals surface area contributed by atoms with Crippen LogP contribution in [0.2, 0.25) is 0 Å². The van der Waals surface area contributed by atoms with Crippen LogP contribution >= 0.6 is 11.3 Å². The fourth-order valence-electron chi connectivity index (χ4n) is 3.69. The molecule has 0 unspecified atom stereocenters. The van der Waals surface area contributed by atoms with Crippen molar-refractivity contribution in [1.82, 2.24) is 0 Å². The third-order valence-electron chi connectivity index (χ3n) is 5.28. The Morgan fingerprint density at radius 1 is 1.12 bits per heavy atom. The fourth-order valence-corrected chi connectivity index (χ4v) is 6.59. The molecule has 2 heterocycles. The van der Waals surface area contributed by atoms with Gasteiger partial charge in [0.15, 0.2) is 0 Å². The molecule has 6 nitrogen and oxygen atoms in total. The number of benzene rings is 2. The third-order valence-corrected chi connectivity index (χ3v) is 8.32. The predicted octanol–water partition coefficient (Wildman–Crippen LogP) is 5.10. The summed E-state index contributed by atoms with van der Waals surface area (Å²) in [5.74, 6) is 1.16. The highest BCUT2D eigenvalue weighted by Gasteiger charge is 2.35. The first-order valence-corrected chi connectivity index (χ1v) is 12.7. The van der Waals surface area contributed by atoms with Crippen molar-refractivity contribution in [2.45, 2.75) is 36.0 Å². The Hall–Kier alpha value is -2.84. The quantitative estimate of drug-likeness (QED) is 0.519. The number of thiophene rings is 1. The van der Waals surface area contributed by atoms with E-state index in [1.54, 1.807) is 17.5 Å². The molecule has 1 aromatic heterocycles. The molecule has 1 amide bonds. The Morgan fingerprint density at radius 2 is 1.84 bits per heavy atom. The van der Waals surface area contributed by atoms with E-state index in [0.29, 0.717) is 24.0 Å². The lowest BCUT2D eigenvalue weighted by atomic mass is 9.90. The van der Waals surface area contributed by atoms with Gasteiger partial charge < -0.3 is 14.8 Å². The number of ether oxygens (including phenoxy) is 2. The minimum absolute atomic E-state index is 0.112. The first-order chi connectivity index (χ1) is 15.3. The average molecular weight is 472 g/mol. The van der Waals surface area contributed by atoms with E-state index in [2.05, 4.69) is 19.2 Å². The van der Waals surface area contributed by atoms with Crippen molar-refractivity contribution in [2.24, 2.45) is 5.92 Å². The lowest BCUT2D eigenvalue weighted by Gasteiger charge is -2.25. The van der Waals surface area contributed by atoms with E-state index in [4.69, 9.17) is 9.47 Å². The highest BCUT2D eigenvalue weighted by Crippen LogP contribution is 2.47. The maximum Gasteiger partial charge on any atom is 0.225 e. The Labute approximate surface area is 192 Å². The summed E-state index contributed by atoms with van der Waals surface area (Å²) in [6.07, 6.45) is 0.234. The molecule has 0 saturated heterocycles. The van der Waals surface area contributed by atoms with Gasteiger partial charge in [-0.25, -0.2) is 8.42 Å². The van der Waals surface area contributed by atoms with Gasteiger partial charge in [0.25, 0.3) is 0 Å². The molecule has 168 valence electrons. The van der Waals surface area contributed by atoms with Gasteiger partial charge in [-0.3, -0.25) is 4.79 Å². The Balaban J connectivity index is 1.76. The molecule has 0 radical (unpaired) electrons. The zero-order valence-corrected chi connectivity index (χ0v) is 19.8. The number of hydrogen-bond acceptors (Lipinski definition) is 6. The monoisotopic (exact) mass is 471 g/mol. The molecule has 4 rings (SSSR count). The van der Waals surface area contributed by atoms with Crippen molar-refractivity contribution in [3.63, 3.8) is 0 Å². The van der Waals surface area contributed by atoms with Crippen molar-refractivity contribution < 1.29 is 22.7 Å². The van der Waals surface area contributed by atoms with E-state index >= 15 is 0 Å². The third kappa shape index (κ3) is 4.25. The average Bonchev–Trinajstić information content (AvgIpc) is 3.22. The zero-order chi connectivity index (χ0) is 22.9. The standard InChI is InChI=1S/C24H25NO5S2/c1-15(2)13-30-20-7-5-4-6-18(20)19-12-22(26)25-23-21(14-31-24(19)23)32(27,28)17-10-8-16(29-3)9-11-17/h4-11,14-15,19H,12-13H2,1-3H3,(H,25,26)/t19-/m1/s1. The lowest BCUT2D eigenvalue weighted by molar-refractivity contribution is -0.116. The summed E-state index contributed by atoms with van der Waals surface area (Å²) in [5, 5.41) is 4.41. The van der Waals surface area contributed by atoms with E-state index < -0.39 is 9.84 Å². The molecular weight excluding hydrogens is 446 g/mol. The fraction of sp³-hybridized carbons (Fsp3) is 0.292. The van der Waals surface area contributed by atoms with Gasteiger partial charge in [0.05, 0.1) is 24.3 Å². The molecule has 0 fully saturated rings. The van der Waals surface area contributed by atoms with Gasteiger partial charge >= 0.3 is 0 Å². The number of amides is 1. The molecular formula is C24H25NO5S2. The molecule has 2 aromatic carbocycles. The van der Waals surface area contributed by atoms with Crippen molar-refractivity contribution in [2.75, 3.05) is 19.0 Å². The topological polar surface area (TPSA) is 81.7 Å². The number of fused-ring (bicyclic) bond motifs is 1. The van der Waals surface area contributed by atoms with E-state index in [-0.39, 0.29) is 28.0 Å². The van der Waals surface area contributed by atoms with E-state index in [0.717, 1.165) is 16.2 Å². The number of para-hydroxylation sites is 1. The van der Waals surface area contributed by atoms with Crippen molar-refractivity contribution in [1.29, 1.82) is 0 Å². The smallest absolute Gasteiger partial charge is 0.225 e. The SMILES string of the molecule is COc1ccc(S(=O)(=O)c2csc3c2NC(=O)C[C@@H]3c2ccccc2OCC(C)C)cc1. The van der Waals surface area contributed by atoms with Gasteiger partial charge in [-0.1, -0.05) is 32.0 Å². The maximum absolute atomic E-state index is 13.4. The van der Waals surface area contributed by atoms with Gasteiger partial charge in [-0.05, 0) is 36.2 Å². The van der Waals surface area contributed by atoms with E-state index in [1.807, 2.05) is 24.3 Å². The summed E-state index contributed by atoms with van der Waals surface area (Å²) in [5.41, 5.74) is 1.25. The molecule has 0 bridgehead atoms. The second kappa shape index (κ2) is 8.96. The number of anilines is 1. The Morgan fingerprint density at radius 3 is 2.53 bits per heavy atom. The molecule has 1 aliphatic heterocycles. The summed E-state index contributed by atoms with van der Waals surface area (Å²) in [6.45, 7) is 4.71. The minimum Gasteiger partial charge on any atom is -0.497 e. The van der Waals surface area contributed by atoms with Crippen LogP contribution in [-0.2, 0) is 14.6 Å². The van der Waals surface area contributed by atoms with Crippen LogP contribution in [-0.4, -0.2) is 28.0 Å².